The number of fused-ring (bicyclic) bond motifs is 1. The van der Waals surface area contributed by atoms with E-state index in [-0.39, 0.29) is 54.2 Å². The van der Waals surface area contributed by atoms with Crippen molar-refractivity contribution in [3.8, 4) is 23.0 Å². The molecule has 0 radical (unpaired) electrons. The normalized spacial score (nSPS) is 14.9. The number of amides is 3. The number of hydrogen-bond acceptors (Lipinski definition) is 10. The first kappa shape index (κ1) is 25.4. The van der Waals surface area contributed by atoms with Gasteiger partial charge < -0.3 is 33.4 Å². The van der Waals surface area contributed by atoms with Crippen molar-refractivity contribution >= 4 is 30.0 Å². The molecule has 2 aliphatic heterocycles. The molecule has 12 nitrogen and oxygen atoms in total. The summed E-state index contributed by atoms with van der Waals surface area (Å²) in [5, 5.41) is 2.52. The van der Waals surface area contributed by atoms with Crippen molar-refractivity contribution in [1.82, 2.24) is 10.2 Å². The van der Waals surface area contributed by atoms with Crippen LogP contribution in [0.2, 0.25) is 0 Å². The Morgan fingerprint density at radius 2 is 1.82 bits per heavy atom. The van der Waals surface area contributed by atoms with E-state index in [0.717, 1.165) is 4.90 Å². The Morgan fingerprint density at radius 3 is 2.62 bits per heavy atom. The number of methoxy groups -OCH3 is 1. The van der Waals surface area contributed by atoms with Crippen LogP contribution in [0.15, 0.2) is 58.6 Å². The number of nitrogens with zero attached hydrogens (tertiary/aromatic N) is 1. The monoisotopic (exact) mass is 534 g/mol. The average molecular weight is 534 g/mol. The number of hydrogen-bond donors (Lipinski definition) is 1. The second-order valence-corrected chi connectivity index (χ2v) is 8.23. The van der Waals surface area contributed by atoms with Gasteiger partial charge in [-0.3, -0.25) is 9.69 Å². The number of rotatable bonds is 8. The van der Waals surface area contributed by atoms with Crippen LogP contribution in [0.25, 0.3) is 6.08 Å². The number of urea groups is 1. The molecule has 1 N–H and O–H groups in total. The summed E-state index contributed by atoms with van der Waals surface area (Å²) in [5.41, 5.74) is 0.799. The molecule has 0 atom stereocenters. The minimum atomic E-state index is -0.672. The Hall–Kier alpha value is -5.26. The highest BCUT2D eigenvalue weighted by atomic mass is 16.7. The lowest BCUT2D eigenvalue weighted by Gasteiger charge is -2.12. The summed E-state index contributed by atoms with van der Waals surface area (Å²) >= 11 is 0. The summed E-state index contributed by atoms with van der Waals surface area (Å²) in [4.78, 5) is 50.6. The SMILES string of the molecule is CCOc1cc(/C=C2\NC(=O)N(Cc3ccc(C(=O)OC)o3)C2=O)ccc1OC(=O)c1ccc2c(c1)OCO2. The number of furan rings is 1. The molecule has 3 aromatic rings. The van der Waals surface area contributed by atoms with Gasteiger partial charge in [-0.15, -0.1) is 0 Å². The van der Waals surface area contributed by atoms with Gasteiger partial charge in [-0.2, -0.15) is 0 Å². The van der Waals surface area contributed by atoms with Crippen LogP contribution in [-0.2, 0) is 16.1 Å². The summed E-state index contributed by atoms with van der Waals surface area (Å²) in [5.74, 6) is -0.273. The molecule has 0 unspecified atom stereocenters. The third-order valence-electron chi connectivity index (χ3n) is 5.71. The number of ether oxygens (including phenoxy) is 5. The van der Waals surface area contributed by atoms with Crippen molar-refractivity contribution in [2.45, 2.75) is 13.5 Å². The lowest BCUT2D eigenvalue weighted by Crippen LogP contribution is -2.30. The molecule has 5 rings (SSSR count). The quantitative estimate of drug-likeness (QED) is 0.197. The van der Waals surface area contributed by atoms with Crippen molar-refractivity contribution in [3.05, 3.63) is 76.9 Å². The summed E-state index contributed by atoms with van der Waals surface area (Å²) < 4.78 is 31.7. The van der Waals surface area contributed by atoms with Crippen molar-refractivity contribution < 1.29 is 47.3 Å². The van der Waals surface area contributed by atoms with Gasteiger partial charge in [0.1, 0.15) is 11.5 Å². The van der Waals surface area contributed by atoms with E-state index < -0.39 is 23.9 Å². The molecule has 1 aromatic heterocycles. The summed E-state index contributed by atoms with van der Waals surface area (Å²) in [6.45, 7) is 1.96. The Morgan fingerprint density at radius 1 is 1.00 bits per heavy atom. The van der Waals surface area contributed by atoms with Crippen molar-refractivity contribution in [1.29, 1.82) is 0 Å². The number of carbonyl (C=O) groups excluding carboxylic acids is 4. The standard InChI is InChI=1S/C27H22N2O10/c1-3-35-22-11-15(4-7-20(22)39-25(31)16-5-8-19-23(12-16)37-14-36-19)10-18-24(30)29(27(33)28-18)13-17-6-9-21(38-17)26(32)34-2/h4-12H,3,13-14H2,1-2H3,(H,28,33)/b18-10-. The highest BCUT2D eigenvalue weighted by molar-refractivity contribution is 6.13. The minimum Gasteiger partial charge on any atom is -0.490 e. The van der Waals surface area contributed by atoms with Gasteiger partial charge in [0.2, 0.25) is 12.6 Å². The molecule has 0 spiro atoms. The summed E-state index contributed by atoms with van der Waals surface area (Å²) in [7, 11) is 1.21. The topological polar surface area (TPSA) is 143 Å². The molecule has 3 heterocycles. The molecule has 0 aliphatic carbocycles. The fourth-order valence-corrected chi connectivity index (χ4v) is 3.86. The van der Waals surface area contributed by atoms with E-state index in [9.17, 15) is 19.2 Å². The molecule has 1 saturated heterocycles. The fourth-order valence-electron chi connectivity index (χ4n) is 3.86. The molecule has 1 fully saturated rings. The van der Waals surface area contributed by atoms with Crippen LogP contribution >= 0.6 is 0 Å². The minimum absolute atomic E-state index is 0.0206. The van der Waals surface area contributed by atoms with Crippen LogP contribution in [0.4, 0.5) is 4.79 Å². The number of esters is 2. The molecular weight excluding hydrogens is 512 g/mol. The van der Waals surface area contributed by atoms with Gasteiger partial charge in [0.15, 0.2) is 23.0 Å². The second-order valence-electron chi connectivity index (χ2n) is 8.23. The first-order valence-corrected chi connectivity index (χ1v) is 11.8. The number of carbonyl (C=O) groups is 4. The first-order chi connectivity index (χ1) is 18.9. The largest absolute Gasteiger partial charge is 0.490 e. The van der Waals surface area contributed by atoms with E-state index in [0.29, 0.717) is 17.1 Å². The molecule has 2 aromatic carbocycles. The van der Waals surface area contributed by atoms with Gasteiger partial charge in [-0.1, -0.05) is 6.07 Å². The maximum Gasteiger partial charge on any atom is 0.373 e. The molecule has 12 heteroatoms. The van der Waals surface area contributed by atoms with Gasteiger partial charge in [-0.05, 0) is 61.0 Å². The number of imide groups is 1. The highest BCUT2D eigenvalue weighted by Gasteiger charge is 2.34. The van der Waals surface area contributed by atoms with Crippen LogP contribution in [0, 0.1) is 0 Å². The lowest BCUT2D eigenvalue weighted by atomic mass is 10.1. The van der Waals surface area contributed by atoms with Crippen LogP contribution in [0.5, 0.6) is 23.0 Å². The van der Waals surface area contributed by atoms with Crippen molar-refractivity contribution in [2.24, 2.45) is 0 Å². The van der Waals surface area contributed by atoms with E-state index in [1.54, 1.807) is 31.2 Å². The zero-order valence-corrected chi connectivity index (χ0v) is 20.8. The average Bonchev–Trinajstić information content (AvgIpc) is 3.66. The molecule has 39 heavy (non-hydrogen) atoms. The lowest BCUT2D eigenvalue weighted by molar-refractivity contribution is -0.123. The number of benzene rings is 2. The van der Waals surface area contributed by atoms with E-state index in [4.69, 9.17) is 23.4 Å². The fraction of sp³-hybridized carbons (Fsp3) is 0.185. The van der Waals surface area contributed by atoms with E-state index in [2.05, 4.69) is 10.1 Å². The molecule has 0 bridgehead atoms. The van der Waals surface area contributed by atoms with E-state index >= 15 is 0 Å². The van der Waals surface area contributed by atoms with Crippen LogP contribution in [0.3, 0.4) is 0 Å². The maximum absolute atomic E-state index is 12.9. The van der Waals surface area contributed by atoms with Gasteiger partial charge in [-0.25, -0.2) is 14.4 Å². The third kappa shape index (κ3) is 5.25. The Kier molecular flexibility index (Phi) is 6.91. The molecule has 200 valence electrons. The predicted octanol–water partition coefficient (Wildman–Crippen LogP) is 3.51. The van der Waals surface area contributed by atoms with Crippen LogP contribution in [0.1, 0.15) is 39.2 Å². The molecule has 0 saturated carbocycles. The first-order valence-electron chi connectivity index (χ1n) is 11.8. The van der Waals surface area contributed by atoms with Crippen LogP contribution < -0.4 is 24.3 Å². The van der Waals surface area contributed by atoms with Gasteiger partial charge >= 0.3 is 18.0 Å². The van der Waals surface area contributed by atoms with Gasteiger partial charge in [0, 0.05) is 0 Å². The maximum atomic E-state index is 12.9. The van der Waals surface area contributed by atoms with Crippen molar-refractivity contribution in [2.75, 3.05) is 20.5 Å². The second kappa shape index (κ2) is 10.6. The zero-order chi connectivity index (χ0) is 27.5. The predicted molar refractivity (Wildman–Crippen MR) is 132 cm³/mol. The molecule has 3 amide bonds. The Bertz CT molecular complexity index is 1510. The Balaban J connectivity index is 1.31. The van der Waals surface area contributed by atoms with Gasteiger partial charge in [0.25, 0.3) is 5.91 Å². The number of nitrogens with one attached hydrogen (secondary N) is 1. The summed E-state index contributed by atoms with van der Waals surface area (Å²) in [6, 6.07) is 11.7. The van der Waals surface area contributed by atoms with E-state index in [1.807, 2.05) is 0 Å². The van der Waals surface area contributed by atoms with E-state index in [1.165, 1.54) is 37.5 Å². The third-order valence-corrected chi connectivity index (χ3v) is 5.71. The summed E-state index contributed by atoms with van der Waals surface area (Å²) in [6.07, 6.45) is 1.47. The molecule has 2 aliphatic rings. The smallest absolute Gasteiger partial charge is 0.373 e. The van der Waals surface area contributed by atoms with Gasteiger partial charge in [0.05, 0.1) is 25.8 Å². The Labute approximate surface area is 221 Å². The zero-order valence-electron chi connectivity index (χ0n) is 20.8. The van der Waals surface area contributed by atoms with Crippen molar-refractivity contribution in [3.63, 3.8) is 0 Å². The van der Waals surface area contributed by atoms with Crippen LogP contribution in [-0.4, -0.2) is 49.3 Å². The molecular formula is C27H22N2O10. The highest BCUT2D eigenvalue weighted by Crippen LogP contribution is 2.34.